The molecule has 24 heavy (non-hydrogen) atoms. The van der Waals surface area contributed by atoms with Crippen molar-refractivity contribution in [2.75, 3.05) is 19.7 Å². The molecule has 2 heterocycles. The van der Waals surface area contributed by atoms with Crippen LogP contribution in [0.5, 0.6) is 11.5 Å². The van der Waals surface area contributed by atoms with E-state index in [0.717, 1.165) is 36.7 Å². The molecule has 0 atom stereocenters. The Kier molecular flexibility index (Phi) is 4.76. The molecular formula is C20H25NO2S. The first kappa shape index (κ1) is 16.0. The van der Waals surface area contributed by atoms with Crippen LogP contribution < -0.4 is 4.74 Å². The summed E-state index contributed by atoms with van der Waals surface area (Å²) in [6.45, 7) is 3.63. The van der Waals surface area contributed by atoms with Crippen molar-refractivity contribution in [3.05, 3.63) is 35.2 Å². The minimum absolute atomic E-state index is 0.274. The van der Waals surface area contributed by atoms with E-state index in [2.05, 4.69) is 28.5 Å². The van der Waals surface area contributed by atoms with Crippen LogP contribution in [-0.2, 0) is 6.54 Å². The van der Waals surface area contributed by atoms with Gasteiger partial charge < -0.3 is 9.84 Å². The maximum Gasteiger partial charge on any atom is 0.165 e. The van der Waals surface area contributed by atoms with Crippen LogP contribution in [0.25, 0.3) is 10.4 Å². The largest absolute Gasteiger partial charge is 0.504 e. The lowest BCUT2D eigenvalue weighted by Gasteiger charge is -2.28. The van der Waals surface area contributed by atoms with Crippen LogP contribution in [0, 0.1) is 5.92 Å². The van der Waals surface area contributed by atoms with Crippen molar-refractivity contribution in [3.63, 3.8) is 0 Å². The SMILES string of the molecule is Oc1cc(-c2cccs2)cc2c1OCCN(CC1CCCCC1)C2. The molecule has 1 aliphatic carbocycles. The van der Waals surface area contributed by atoms with Gasteiger partial charge in [-0.2, -0.15) is 0 Å². The second kappa shape index (κ2) is 7.16. The number of thiophene rings is 1. The van der Waals surface area contributed by atoms with Gasteiger partial charge in [0.05, 0.1) is 0 Å². The predicted octanol–water partition coefficient (Wildman–Crippen LogP) is 4.90. The first-order chi connectivity index (χ1) is 11.8. The van der Waals surface area contributed by atoms with Gasteiger partial charge >= 0.3 is 0 Å². The average Bonchev–Trinajstić information content (AvgIpc) is 3.05. The van der Waals surface area contributed by atoms with Crippen LogP contribution in [-0.4, -0.2) is 29.7 Å². The topological polar surface area (TPSA) is 32.7 Å². The van der Waals surface area contributed by atoms with E-state index in [0.29, 0.717) is 12.4 Å². The quantitative estimate of drug-likeness (QED) is 0.861. The van der Waals surface area contributed by atoms with E-state index < -0.39 is 0 Å². The fourth-order valence-electron chi connectivity index (χ4n) is 4.03. The standard InChI is InChI=1S/C20H25NO2S/c22-18-12-16(19-7-4-10-24-19)11-17-14-21(8-9-23-20(17)18)13-15-5-2-1-3-6-15/h4,7,10-12,15,22H,1-3,5-6,8-9,13-14H2. The number of phenols is 1. The Bertz CT molecular complexity index is 677. The van der Waals surface area contributed by atoms with Crippen LogP contribution in [0.3, 0.4) is 0 Å². The summed E-state index contributed by atoms with van der Waals surface area (Å²) in [5.74, 6) is 1.78. The first-order valence-corrected chi connectivity index (χ1v) is 9.92. The molecule has 0 spiro atoms. The number of aromatic hydroxyl groups is 1. The second-order valence-corrected chi connectivity index (χ2v) is 8.00. The number of ether oxygens (including phenoxy) is 1. The summed E-state index contributed by atoms with van der Waals surface area (Å²) in [5.41, 5.74) is 2.20. The lowest BCUT2D eigenvalue weighted by atomic mass is 9.89. The molecule has 1 aliphatic heterocycles. The average molecular weight is 343 g/mol. The van der Waals surface area contributed by atoms with Crippen LogP contribution in [0.15, 0.2) is 29.6 Å². The molecule has 128 valence electrons. The van der Waals surface area contributed by atoms with Gasteiger partial charge in [0.2, 0.25) is 0 Å². The first-order valence-electron chi connectivity index (χ1n) is 9.04. The summed E-state index contributed by atoms with van der Waals surface area (Å²) in [4.78, 5) is 3.70. The summed E-state index contributed by atoms with van der Waals surface area (Å²) in [6, 6.07) is 8.18. The molecule has 1 N–H and O–H groups in total. The van der Waals surface area contributed by atoms with E-state index in [-0.39, 0.29) is 5.75 Å². The molecule has 3 nitrogen and oxygen atoms in total. The number of hydrogen-bond donors (Lipinski definition) is 1. The minimum Gasteiger partial charge on any atom is -0.504 e. The van der Waals surface area contributed by atoms with Crippen molar-refractivity contribution in [3.8, 4) is 21.9 Å². The summed E-state index contributed by atoms with van der Waals surface area (Å²) >= 11 is 1.70. The second-order valence-electron chi connectivity index (χ2n) is 7.05. The highest BCUT2D eigenvalue weighted by molar-refractivity contribution is 7.13. The molecule has 1 aromatic heterocycles. The molecule has 1 saturated carbocycles. The van der Waals surface area contributed by atoms with Crippen molar-refractivity contribution in [2.45, 2.75) is 38.6 Å². The summed E-state index contributed by atoms with van der Waals surface area (Å²) < 4.78 is 5.88. The van der Waals surface area contributed by atoms with Gasteiger partial charge in [-0.1, -0.05) is 25.3 Å². The third-order valence-electron chi connectivity index (χ3n) is 5.24. The lowest BCUT2D eigenvalue weighted by Crippen LogP contribution is -2.32. The lowest BCUT2D eigenvalue weighted by molar-refractivity contribution is 0.177. The van der Waals surface area contributed by atoms with Crippen molar-refractivity contribution >= 4 is 11.3 Å². The fraction of sp³-hybridized carbons (Fsp3) is 0.500. The fourth-order valence-corrected chi connectivity index (χ4v) is 4.74. The van der Waals surface area contributed by atoms with E-state index in [1.165, 1.54) is 37.0 Å². The highest BCUT2D eigenvalue weighted by Crippen LogP contribution is 2.39. The normalized spacial score (nSPS) is 19.5. The zero-order valence-corrected chi connectivity index (χ0v) is 14.9. The third kappa shape index (κ3) is 3.45. The van der Waals surface area contributed by atoms with Gasteiger partial charge in [-0.3, -0.25) is 4.90 Å². The highest BCUT2D eigenvalue weighted by Gasteiger charge is 2.23. The highest BCUT2D eigenvalue weighted by atomic mass is 32.1. The molecule has 0 radical (unpaired) electrons. The number of phenolic OH excluding ortho intramolecular Hbond substituents is 1. The minimum atomic E-state index is 0.274. The monoisotopic (exact) mass is 343 g/mol. The Hall–Kier alpha value is -1.52. The summed E-state index contributed by atoms with van der Waals surface area (Å²) in [5, 5.41) is 12.5. The van der Waals surface area contributed by atoms with E-state index >= 15 is 0 Å². The number of benzene rings is 1. The molecular weight excluding hydrogens is 318 g/mol. The molecule has 1 fully saturated rings. The Labute approximate surface area is 147 Å². The van der Waals surface area contributed by atoms with Crippen LogP contribution >= 0.6 is 11.3 Å². The van der Waals surface area contributed by atoms with Crippen molar-refractivity contribution in [1.82, 2.24) is 4.90 Å². The van der Waals surface area contributed by atoms with Gasteiger partial charge in [0.25, 0.3) is 0 Å². The maximum absolute atomic E-state index is 10.4. The molecule has 0 unspecified atom stereocenters. The molecule has 0 bridgehead atoms. The summed E-state index contributed by atoms with van der Waals surface area (Å²) in [7, 11) is 0. The predicted molar refractivity (Wildman–Crippen MR) is 98.8 cm³/mol. The molecule has 4 rings (SSSR count). The zero-order valence-electron chi connectivity index (χ0n) is 14.0. The van der Waals surface area contributed by atoms with Gasteiger partial charge in [-0.25, -0.2) is 0 Å². The van der Waals surface area contributed by atoms with Gasteiger partial charge in [-0.05, 0) is 47.9 Å². The van der Waals surface area contributed by atoms with E-state index in [4.69, 9.17) is 4.74 Å². The summed E-state index contributed by atoms with van der Waals surface area (Å²) in [6.07, 6.45) is 6.90. The van der Waals surface area contributed by atoms with Crippen LogP contribution in [0.2, 0.25) is 0 Å². The molecule has 0 amide bonds. The van der Waals surface area contributed by atoms with Gasteiger partial charge in [-0.15, -0.1) is 11.3 Å². The van der Waals surface area contributed by atoms with Crippen molar-refractivity contribution in [1.29, 1.82) is 0 Å². The van der Waals surface area contributed by atoms with Crippen molar-refractivity contribution in [2.24, 2.45) is 5.92 Å². The smallest absolute Gasteiger partial charge is 0.165 e. The molecule has 2 aliphatic rings. The molecule has 1 aromatic carbocycles. The zero-order chi connectivity index (χ0) is 16.4. The maximum atomic E-state index is 10.4. The van der Waals surface area contributed by atoms with Gasteiger partial charge in [0.1, 0.15) is 6.61 Å². The molecule has 0 saturated heterocycles. The molecule has 2 aromatic rings. The van der Waals surface area contributed by atoms with Crippen molar-refractivity contribution < 1.29 is 9.84 Å². The number of rotatable bonds is 3. The number of hydrogen-bond acceptors (Lipinski definition) is 4. The number of fused-ring (bicyclic) bond motifs is 1. The third-order valence-corrected chi connectivity index (χ3v) is 6.16. The Morgan fingerprint density at radius 3 is 2.88 bits per heavy atom. The van der Waals surface area contributed by atoms with E-state index in [1.54, 1.807) is 11.3 Å². The van der Waals surface area contributed by atoms with E-state index in [9.17, 15) is 5.11 Å². The van der Waals surface area contributed by atoms with Crippen LogP contribution in [0.1, 0.15) is 37.7 Å². The van der Waals surface area contributed by atoms with Crippen LogP contribution in [0.4, 0.5) is 0 Å². The molecule has 4 heteroatoms. The van der Waals surface area contributed by atoms with Gasteiger partial charge in [0.15, 0.2) is 11.5 Å². The van der Waals surface area contributed by atoms with Gasteiger partial charge in [0, 0.05) is 30.1 Å². The Morgan fingerprint density at radius 1 is 1.21 bits per heavy atom. The van der Waals surface area contributed by atoms with E-state index in [1.807, 2.05) is 6.07 Å². The Morgan fingerprint density at radius 2 is 2.08 bits per heavy atom. The number of nitrogens with zero attached hydrogens (tertiary/aromatic N) is 1. The Balaban J connectivity index is 1.56.